The van der Waals surface area contributed by atoms with Crippen LogP contribution >= 0.6 is 0 Å². The molecule has 3 aliphatic rings. The number of fused-ring (bicyclic) bond motifs is 9. The number of aliphatic hydroxyl groups is 1. The number of benzene rings is 2. The summed E-state index contributed by atoms with van der Waals surface area (Å²) in [5, 5.41) is 10.9. The highest BCUT2D eigenvalue weighted by Gasteiger charge is 2.44. The SMILES string of the molecule is CC#Cc1cccc2c1C1CC(c3nc4ccc(-c5cnc(C6(O)CCCC6)nc5)cc4n31)N(C)C2=O. The quantitative estimate of drug-likeness (QED) is 0.411. The van der Waals surface area contributed by atoms with Gasteiger partial charge in [-0.2, -0.15) is 0 Å². The zero-order valence-electron chi connectivity index (χ0n) is 20.9. The summed E-state index contributed by atoms with van der Waals surface area (Å²) in [5.41, 5.74) is 5.50. The molecule has 0 saturated heterocycles. The van der Waals surface area contributed by atoms with Crippen molar-refractivity contribution in [3.05, 3.63) is 77.1 Å². The van der Waals surface area contributed by atoms with Crippen molar-refractivity contribution >= 4 is 16.9 Å². The Morgan fingerprint density at radius 1 is 1.05 bits per heavy atom. The van der Waals surface area contributed by atoms with Crippen molar-refractivity contribution in [1.82, 2.24) is 24.4 Å². The highest BCUT2D eigenvalue weighted by atomic mass is 16.3. The van der Waals surface area contributed by atoms with Crippen LogP contribution in [0.15, 0.2) is 48.8 Å². The molecule has 7 rings (SSSR count). The molecule has 1 fully saturated rings. The summed E-state index contributed by atoms with van der Waals surface area (Å²) in [4.78, 5) is 29.3. The number of carbonyl (C=O) groups excluding carboxylic acids is 1. The number of rotatable bonds is 2. The van der Waals surface area contributed by atoms with E-state index in [1.807, 2.05) is 49.2 Å². The van der Waals surface area contributed by atoms with E-state index in [1.54, 1.807) is 12.4 Å². The van der Waals surface area contributed by atoms with Gasteiger partial charge in [0.15, 0.2) is 5.82 Å². The van der Waals surface area contributed by atoms with E-state index in [-0.39, 0.29) is 18.0 Å². The Labute approximate surface area is 215 Å². The first kappa shape index (κ1) is 22.2. The summed E-state index contributed by atoms with van der Waals surface area (Å²) in [5.74, 6) is 7.69. The normalized spacial score (nSPS) is 21.4. The van der Waals surface area contributed by atoms with Gasteiger partial charge in [0.1, 0.15) is 11.4 Å². The highest BCUT2D eigenvalue weighted by molar-refractivity contribution is 5.98. The molecular weight excluding hydrogens is 462 g/mol. The molecule has 4 heterocycles. The van der Waals surface area contributed by atoms with E-state index >= 15 is 0 Å². The first-order valence-electron chi connectivity index (χ1n) is 12.9. The number of amides is 1. The fraction of sp³-hybridized carbons (Fsp3) is 0.333. The summed E-state index contributed by atoms with van der Waals surface area (Å²) in [7, 11) is 1.87. The van der Waals surface area contributed by atoms with Gasteiger partial charge in [-0.1, -0.05) is 18.1 Å². The standard InChI is InChI=1S/C30H27N5O2/c1-3-7-18-8-6-9-21-26(18)24-15-25(34(2)28(21)36)27-33-22-11-10-19(14-23(22)35(24)27)20-16-31-29(32-17-20)30(37)12-4-5-13-30/h6,8-11,14,16-17,24-25,37H,4-5,12-13,15H2,1-2H3. The lowest BCUT2D eigenvalue weighted by atomic mass is 9.93. The van der Waals surface area contributed by atoms with E-state index in [2.05, 4.69) is 32.4 Å². The predicted octanol–water partition coefficient (Wildman–Crippen LogP) is 4.75. The smallest absolute Gasteiger partial charge is 0.254 e. The summed E-state index contributed by atoms with van der Waals surface area (Å²) in [6.45, 7) is 1.82. The van der Waals surface area contributed by atoms with Crippen molar-refractivity contribution in [3.63, 3.8) is 0 Å². The molecule has 7 nitrogen and oxygen atoms in total. The largest absolute Gasteiger partial charge is 0.382 e. The van der Waals surface area contributed by atoms with Crippen LogP contribution in [0, 0.1) is 11.8 Å². The lowest BCUT2D eigenvalue weighted by Crippen LogP contribution is -2.30. The molecule has 4 aromatic rings. The maximum Gasteiger partial charge on any atom is 0.254 e. The molecule has 184 valence electrons. The van der Waals surface area contributed by atoms with E-state index in [0.717, 1.165) is 58.4 Å². The number of aromatic nitrogens is 4. The summed E-state index contributed by atoms with van der Waals surface area (Å²) in [6, 6.07) is 11.9. The second-order valence-corrected chi connectivity index (χ2v) is 10.4. The Morgan fingerprint density at radius 3 is 2.59 bits per heavy atom. The fourth-order valence-electron chi connectivity index (χ4n) is 6.44. The minimum atomic E-state index is -0.902. The number of hydrogen-bond acceptors (Lipinski definition) is 5. The zero-order valence-corrected chi connectivity index (χ0v) is 20.9. The lowest BCUT2D eigenvalue weighted by Gasteiger charge is -2.24. The number of nitrogens with zero attached hydrogens (tertiary/aromatic N) is 5. The topological polar surface area (TPSA) is 84.1 Å². The molecule has 7 heteroatoms. The van der Waals surface area contributed by atoms with Crippen LogP contribution in [0.2, 0.25) is 0 Å². The van der Waals surface area contributed by atoms with Gasteiger partial charge in [-0.25, -0.2) is 15.0 Å². The lowest BCUT2D eigenvalue weighted by molar-refractivity contribution is 0.0351. The van der Waals surface area contributed by atoms with Crippen LogP contribution < -0.4 is 0 Å². The molecular formula is C30H27N5O2. The Bertz CT molecular complexity index is 1640. The van der Waals surface area contributed by atoms with E-state index in [0.29, 0.717) is 24.2 Å². The third-order valence-corrected chi connectivity index (χ3v) is 8.32. The van der Waals surface area contributed by atoms with Crippen LogP contribution in [0.4, 0.5) is 0 Å². The fourth-order valence-corrected chi connectivity index (χ4v) is 6.44. The molecule has 2 atom stereocenters. The maximum atomic E-state index is 13.4. The third kappa shape index (κ3) is 3.19. The van der Waals surface area contributed by atoms with Gasteiger partial charge in [-0.3, -0.25) is 4.79 Å². The second-order valence-electron chi connectivity index (χ2n) is 10.4. The number of hydrogen-bond donors (Lipinski definition) is 1. The Balaban J connectivity index is 1.37. The van der Waals surface area contributed by atoms with Crippen LogP contribution in [0.5, 0.6) is 0 Å². The summed E-state index contributed by atoms with van der Waals surface area (Å²) in [6.07, 6.45) is 7.82. The van der Waals surface area contributed by atoms with Gasteiger partial charge in [0, 0.05) is 48.1 Å². The summed E-state index contributed by atoms with van der Waals surface area (Å²) >= 11 is 0. The molecule has 2 aromatic heterocycles. The van der Waals surface area contributed by atoms with E-state index in [9.17, 15) is 9.90 Å². The minimum absolute atomic E-state index is 0.0161. The zero-order chi connectivity index (χ0) is 25.3. The highest BCUT2D eigenvalue weighted by Crippen LogP contribution is 2.48. The van der Waals surface area contributed by atoms with Crippen molar-refractivity contribution in [1.29, 1.82) is 0 Å². The predicted molar refractivity (Wildman–Crippen MR) is 140 cm³/mol. The van der Waals surface area contributed by atoms with Crippen LogP contribution in [-0.2, 0) is 5.60 Å². The van der Waals surface area contributed by atoms with Gasteiger partial charge >= 0.3 is 0 Å². The molecule has 0 spiro atoms. The van der Waals surface area contributed by atoms with Crippen LogP contribution in [0.25, 0.3) is 22.2 Å². The third-order valence-electron chi connectivity index (χ3n) is 8.32. The van der Waals surface area contributed by atoms with Crippen molar-refractivity contribution in [3.8, 4) is 23.0 Å². The van der Waals surface area contributed by atoms with Gasteiger partial charge in [-0.05, 0) is 62.4 Å². The van der Waals surface area contributed by atoms with Crippen molar-refractivity contribution in [2.24, 2.45) is 0 Å². The molecule has 2 aliphatic heterocycles. The molecule has 1 aliphatic carbocycles. The first-order valence-corrected chi connectivity index (χ1v) is 12.9. The molecule has 2 bridgehead atoms. The van der Waals surface area contributed by atoms with Gasteiger partial charge < -0.3 is 14.6 Å². The van der Waals surface area contributed by atoms with Gasteiger partial charge in [0.25, 0.3) is 5.91 Å². The van der Waals surface area contributed by atoms with Gasteiger partial charge in [0.2, 0.25) is 0 Å². The molecule has 2 aromatic carbocycles. The van der Waals surface area contributed by atoms with Crippen molar-refractivity contribution in [2.75, 3.05) is 7.05 Å². The van der Waals surface area contributed by atoms with Gasteiger partial charge in [0.05, 0.1) is 23.1 Å². The number of imidazole rings is 1. The molecule has 2 unspecified atom stereocenters. The Morgan fingerprint density at radius 2 is 1.84 bits per heavy atom. The Kier molecular flexibility index (Phi) is 4.79. The van der Waals surface area contributed by atoms with Crippen LogP contribution in [0.3, 0.4) is 0 Å². The van der Waals surface area contributed by atoms with Crippen LogP contribution in [-0.4, -0.2) is 42.5 Å². The average molecular weight is 490 g/mol. The molecule has 1 N–H and O–H groups in total. The molecule has 1 amide bonds. The van der Waals surface area contributed by atoms with E-state index in [4.69, 9.17) is 4.98 Å². The van der Waals surface area contributed by atoms with Crippen molar-refractivity contribution < 1.29 is 9.90 Å². The molecule has 1 saturated carbocycles. The maximum absolute atomic E-state index is 13.4. The molecule has 37 heavy (non-hydrogen) atoms. The minimum Gasteiger partial charge on any atom is -0.382 e. The van der Waals surface area contributed by atoms with E-state index in [1.165, 1.54) is 0 Å². The molecule has 0 radical (unpaired) electrons. The van der Waals surface area contributed by atoms with Crippen molar-refractivity contribution in [2.45, 2.75) is 56.7 Å². The van der Waals surface area contributed by atoms with E-state index < -0.39 is 5.60 Å². The monoisotopic (exact) mass is 489 g/mol. The second kappa shape index (κ2) is 7.99. The Hall–Kier alpha value is -4.02. The summed E-state index contributed by atoms with van der Waals surface area (Å²) < 4.78 is 2.29. The first-order chi connectivity index (χ1) is 18.0. The van der Waals surface area contributed by atoms with Crippen LogP contribution in [0.1, 0.15) is 84.2 Å². The number of carbonyl (C=O) groups is 1. The van der Waals surface area contributed by atoms with Gasteiger partial charge in [-0.15, -0.1) is 5.92 Å². The average Bonchev–Trinajstić information content (AvgIpc) is 3.61.